The summed E-state index contributed by atoms with van der Waals surface area (Å²) in [6.07, 6.45) is 2.96. The van der Waals surface area contributed by atoms with Crippen LogP contribution in [0.5, 0.6) is 5.75 Å². The molecule has 27 heavy (non-hydrogen) atoms. The minimum absolute atomic E-state index is 0.0591. The van der Waals surface area contributed by atoms with Crippen LogP contribution in [0.4, 0.5) is 11.5 Å². The average Bonchev–Trinajstić information content (AvgIpc) is 3.03. The molecule has 0 fully saturated rings. The number of nitrogens with one attached hydrogen (secondary N) is 1. The van der Waals surface area contributed by atoms with Gasteiger partial charge in [0.05, 0.1) is 21.4 Å². The molecule has 0 radical (unpaired) electrons. The van der Waals surface area contributed by atoms with Crippen molar-refractivity contribution < 1.29 is 14.5 Å². The Balaban J connectivity index is 1.76. The summed E-state index contributed by atoms with van der Waals surface area (Å²) in [7, 11) is 3.88. The van der Waals surface area contributed by atoms with E-state index >= 15 is 0 Å². The van der Waals surface area contributed by atoms with Gasteiger partial charge in [0.2, 0.25) is 0 Å². The second-order valence-corrected chi connectivity index (χ2v) is 6.79. The molecule has 0 atom stereocenters. The predicted molar refractivity (Wildman–Crippen MR) is 103 cm³/mol. The average molecular weight is 387 g/mol. The third kappa shape index (κ3) is 4.54. The minimum Gasteiger partial charge on any atom is -0.491 e. The first-order valence-corrected chi connectivity index (χ1v) is 8.79. The lowest BCUT2D eigenvalue weighted by Crippen LogP contribution is -2.19. The molecule has 0 aliphatic carbocycles. The number of nitro benzene ring substituents is 1. The van der Waals surface area contributed by atoms with Gasteiger partial charge in [-0.25, -0.2) is 0 Å². The van der Waals surface area contributed by atoms with Crippen molar-refractivity contribution in [2.24, 2.45) is 0 Å². The summed E-state index contributed by atoms with van der Waals surface area (Å²) in [5.41, 5.74) is 0.250. The molecule has 1 aromatic carbocycles. The lowest BCUT2D eigenvalue weighted by Gasteiger charge is -2.11. The van der Waals surface area contributed by atoms with E-state index < -0.39 is 10.8 Å². The lowest BCUT2D eigenvalue weighted by atomic mass is 10.2. The van der Waals surface area contributed by atoms with Gasteiger partial charge in [-0.05, 0) is 37.8 Å². The maximum absolute atomic E-state index is 12.5. The first-order valence-electron chi connectivity index (χ1n) is 8.02. The molecule has 3 aromatic rings. The van der Waals surface area contributed by atoms with Crippen LogP contribution in [0.2, 0.25) is 0 Å². The number of carbonyl (C=O) groups is 1. The van der Waals surface area contributed by atoms with Crippen molar-refractivity contribution in [3.05, 3.63) is 52.3 Å². The molecule has 0 saturated heterocycles. The van der Waals surface area contributed by atoms with Crippen molar-refractivity contribution in [2.75, 3.05) is 32.6 Å². The number of hydrogen-bond donors (Lipinski definition) is 1. The zero-order chi connectivity index (χ0) is 19.4. The van der Waals surface area contributed by atoms with Crippen LogP contribution in [-0.2, 0) is 0 Å². The van der Waals surface area contributed by atoms with Crippen LogP contribution in [0.25, 0.3) is 10.1 Å². The van der Waals surface area contributed by atoms with Crippen molar-refractivity contribution in [1.29, 1.82) is 0 Å². The van der Waals surface area contributed by atoms with Crippen LogP contribution in [0.1, 0.15) is 10.4 Å². The van der Waals surface area contributed by atoms with Crippen molar-refractivity contribution in [3.8, 4) is 5.75 Å². The van der Waals surface area contributed by atoms with Crippen LogP contribution < -0.4 is 10.1 Å². The fraction of sp³-hybridized carbons (Fsp3) is 0.235. The number of nitro groups is 1. The molecule has 1 N–H and O–H groups in total. The molecule has 0 spiro atoms. The molecular formula is C17H17N5O4S. The number of rotatable bonds is 7. The molecule has 1 amide bonds. The number of carbonyl (C=O) groups excluding carboxylic acids is 1. The molecule has 140 valence electrons. The Kier molecular flexibility index (Phi) is 5.57. The van der Waals surface area contributed by atoms with E-state index in [9.17, 15) is 14.9 Å². The maximum Gasteiger partial charge on any atom is 0.270 e. The van der Waals surface area contributed by atoms with E-state index in [1.807, 2.05) is 19.0 Å². The van der Waals surface area contributed by atoms with Gasteiger partial charge in [-0.15, -0.1) is 0 Å². The van der Waals surface area contributed by atoms with Crippen LogP contribution in [0.3, 0.4) is 0 Å². The van der Waals surface area contributed by atoms with Gasteiger partial charge < -0.3 is 15.0 Å². The summed E-state index contributed by atoms with van der Waals surface area (Å²) in [4.78, 5) is 29.0. The van der Waals surface area contributed by atoms with E-state index in [0.717, 1.165) is 22.8 Å². The summed E-state index contributed by atoms with van der Waals surface area (Å²) >= 11 is 1.16. The number of hydrogen-bond acceptors (Lipinski definition) is 8. The normalized spacial score (nSPS) is 10.9. The van der Waals surface area contributed by atoms with Gasteiger partial charge >= 0.3 is 0 Å². The number of nitrogens with zero attached hydrogens (tertiary/aromatic N) is 4. The number of amides is 1. The number of fused-ring (bicyclic) bond motifs is 1. The molecule has 3 rings (SSSR count). The third-order valence-corrected chi connectivity index (χ3v) is 4.51. The van der Waals surface area contributed by atoms with Crippen LogP contribution >= 0.6 is 11.5 Å². The Labute approximate surface area is 158 Å². The Morgan fingerprint density at radius 1 is 1.33 bits per heavy atom. The number of non-ortho nitro benzene ring substituents is 1. The first-order chi connectivity index (χ1) is 12.9. The van der Waals surface area contributed by atoms with E-state index in [4.69, 9.17) is 4.74 Å². The first kappa shape index (κ1) is 18.7. The number of ether oxygens (including phenoxy) is 1. The summed E-state index contributed by atoms with van der Waals surface area (Å²) < 4.78 is 10.5. The van der Waals surface area contributed by atoms with Gasteiger partial charge in [0, 0.05) is 30.3 Å². The number of anilines is 1. The summed E-state index contributed by atoms with van der Waals surface area (Å²) in [5, 5.41) is 14.2. The van der Waals surface area contributed by atoms with Gasteiger partial charge in [-0.2, -0.15) is 4.37 Å². The van der Waals surface area contributed by atoms with Crippen molar-refractivity contribution in [3.63, 3.8) is 0 Å². The molecule has 0 saturated carbocycles. The third-order valence-electron chi connectivity index (χ3n) is 3.68. The number of likely N-dealkylation sites (N-methyl/N-ethyl adjacent to an activating group) is 1. The highest BCUT2D eigenvalue weighted by Gasteiger charge is 2.15. The van der Waals surface area contributed by atoms with Crippen LogP contribution in [0.15, 0.2) is 36.7 Å². The molecule has 0 aliphatic rings. The van der Waals surface area contributed by atoms with Gasteiger partial charge in [-0.1, -0.05) is 0 Å². The molecule has 2 heterocycles. The molecule has 0 unspecified atom stereocenters. The van der Waals surface area contributed by atoms with Crippen molar-refractivity contribution >= 4 is 39.0 Å². The highest BCUT2D eigenvalue weighted by atomic mass is 32.1. The molecule has 9 nitrogen and oxygen atoms in total. The summed E-state index contributed by atoms with van der Waals surface area (Å²) in [6.45, 7) is 1.21. The molecule has 2 aromatic heterocycles. The number of benzene rings is 1. The Morgan fingerprint density at radius 3 is 2.89 bits per heavy atom. The second kappa shape index (κ2) is 8.06. The van der Waals surface area contributed by atoms with E-state index in [0.29, 0.717) is 23.3 Å². The topological polar surface area (TPSA) is 110 Å². The Hall–Kier alpha value is -3.11. The Bertz CT molecular complexity index is 988. The SMILES string of the molecule is CN(C)CCOc1cncc(C(=O)Nc2nsc3ccc([N+](=O)[O-])cc23)c1. The number of aromatic nitrogens is 2. The van der Waals surface area contributed by atoms with E-state index in [1.165, 1.54) is 24.5 Å². The van der Waals surface area contributed by atoms with Crippen molar-refractivity contribution in [1.82, 2.24) is 14.3 Å². The minimum atomic E-state index is -0.485. The fourth-order valence-electron chi connectivity index (χ4n) is 2.28. The van der Waals surface area contributed by atoms with Crippen LogP contribution in [-0.4, -0.2) is 52.3 Å². The van der Waals surface area contributed by atoms with Gasteiger partial charge in [-0.3, -0.25) is 19.9 Å². The second-order valence-electron chi connectivity index (χ2n) is 5.98. The molecule has 0 aliphatic heterocycles. The monoisotopic (exact) mass is 387 g/mol. The molecular weight excluding hydrogens is 370 g/mol. The smallest absolute Gasteiger partial charge is 0.270 e. The molecule has 10 heteroatoms. The van der Waals surface area contributed by atoms with Crippen molar-refractivity contribution in [2.45, 2.75) is 0 Å². The van der Waals surface area contributed by atoms with Crippen LogP contribution in [0, 0.1) is 10.1 Å². The van der Waals surface area contributed by atoms with Gasteiger partial charge in [0.1, 0.15) is 12.4 Å². The highest BCUT2D eigenvalue weighted by Crippen LogP contribution is 2.30. The largest absolute Gasteiger partial charge is 0.491 e. The summed E-state index contributed by atoms with van der Waals surface area (Å²) in [5.74, 6) is 0.352. The van der Waals surface area contributed by atoms with Gasteiger partial charge in [0.25, 0.3) is 11.6 Å². The number of pyridine rings is 1. The van der Waals surface area contributed by atoms with Gasteiger partial charge in [0.15, 0.2) is 5.82 Å². The zero-order valence-corrected chi connectivity index (χ0v) is 15.5. The van der Waals surface area contributed by atoms with E-state index in [-0.39, 0.29) is 11.5 Å². The van der Waals surface area contributed by atoms with E-state index in [1.54, 1.807) is 12.1 Å². The molecule has 0 bridgehead atoms. The predicted octanol–water partition coefficient (Wildman–Crippen LogP) is 2.79. The fourth-order valence-corrected chi connectivity index (χ4v) is 2.99. The summed E-state index contributed by atoms with van der Waals surface area (Å²) in [6, 6.07) is 6.01. The maximum atomic E-state index is 12.5. The Morgan fingerprint density at radius 2 is 2.15 bits per heavy atom. The lowest BCUT2D eigenvalue weighted by molar-refractivity contribution is -0.384. The zero-order valence-electron chi connectivity index (χ0n) is 14.7. The standard InChI is InChI=1S/C17H17N5O4S/c1-21(2)5-6-26-13-7-11(9-18-10-13)17(23)19-16-14-8-12(22(24)25)3-4-15(14)27-20-16/h3-4,7-10H,5-6H2,1-2H3,(H,19,20,23). The quantitative estimate of drug-likeness (QED) is 0.490. The van der Waals surface area contributed by atoms with E-state index in [2.05, 4.69) is 14.7 Å². The highest BCUT2D eigenvalue weighted by molar-refractivity contribution is 7.13.